The average molecular weight is 461 g/mol. The molecule has 1 aromatic heterocycles. The first-order valence-electron chi connectivity index (χ1n) is 9.39. The summed E-state index contributed by atoms with van der Waals surface area (Å²) in [6, 6.07) is 10.8. The van der Waals surface area contributed by atoms with E-state index in [2.05, 4.69) is 20.4 Å². The van der Waals surface area contributed by atoms with E-state index in [1.54, 1.807) is 30.3 Å². The predicted octanol–water partition coefficient (Wildman–Crippen LogP) is 3.82. The maximum absolute atomic E-state index is 12.3. The molecule has 3 aromatic rings. The van der Waals surface area contributed by atoms with Crippen molar-refractivity contribution in [3.8, 4) is 28.5 Å². The van der Waals surface area contributed by atoms with E-state index >= 15 is 0 Å². The quantitative estimate of drug-likeness (QED) is 0.555. The van der Waals surface area contributed by atoms with E-state index in [0.717, 1.165) is 4.88 Å². The SMILES string of the molecule is Cc1sc(NC(=O)CNC(=O)c2ccc3c(c2)OCO3)nc1-c1ccc(OC(F)F)cc1. The fourth-order valence-corrected chi connectivity index (χ4v) is 3.83. The molecular weight excluding hydrogens is 444 g/mol. The summed E-state index contributed by atoms with van der Waals surface area (Å²) in [4.78, 5) is 29.7. The molecule has 0 atom stereocenters. The first kappa shape index (κ1) is 21.5. The van der Waals surface area contributed by atoms with Crippen LogP contribution in [0.15, 0.2) is 42.5 Å². The lowest BCUT2D eigenvalue weighted by Crippen LogP contribution is -2.32. The van der Waals surface area contributed by atoms with Crippen LogP contribution in [-0.2, 0) is 4.79 Å². The third-order valence-electron chi connectivity index (χ3n) is 4.44. The zero-order valence-electron chi connectivity index (χ0n) is 16.7. The van der Waals surface area contributed by atoms with E-state index in [4.69, 9.17) is 9.47 Å². The van der Waals surface area contributed by atoms with Crippen molar-refractivity contribution in [2.45, 2.75) is 13.5 Å². The van der Waals surface area contributed by atoms with E-state index in [1.165, 1.54) is 23.5 Å². The number of carbonyl (C=O) groups excluding carboxylic acids is 2. The number of rotatable bonds is 7. The summed E-state index contributed by atoms with van der Waals surface area (Å²) in [7, 11) is 0. The monoisotopic (exact) mass is 461 g/mol. The van der Waals surface area contributed by atoms with Gasteiger partial charge in [-0.2, -0.15) is 8.78 Å². The van der Waals surface area contributed by atoms with Gasteiger partial charge in [-0.05, 0) is 49.4 Å². The molecule has 0 bridgehead atoms. The van der Waals surface area contributed by atoms with Gasteiger partial charge in [0.1, 0.15) is 5.75 Å². The molecule has 4 rings (SSSR count). The van der Waals surface area contributed by atoms with Crippen molar-refractivity contribution in [1.82, 2.24) is 10.3 Å². The number of fused-ring (bicyclic) bond motifs is 1. The molecule has 0 aliphatic carbocycles. The largest absolute Gasteiger partial charge is 0.454 e. The molecule has 2 heterocycles. The van der Waals surface area contributed by atoms with Crippen LogP contribution in [0.5, 0.6) is 17.2 Å². The zero-order valence-corrected chi connectivity index (χ0v) is 17.5. The Bertz CT molecular complexity index is 1150. The Morgan fingerprint density at radius 3 is 2.66 bits per heavy atom. The number of nitrogens with one attached hydrogen (secondary N) is 2. The fraction of sp³-hybridized carbons (Fsp3) is 0.190. The summed E-state index contributed by atoms with van der Waals surface area (Å²) in [5, 5.41) is 5.54. The Morgan fingerprint density at radius 2 is 1.91 bits per heavy atom. The summed E-state index contributed by atoms with van der Waals surface area (Å²) >= 11 is 1.26. The first-order valence-corrected chi connectivity index (χ1v) is 10.2. The lowest BCUT2D eigenvalue weighted by molar-refractivity contribution is -0.115. The molecule has 0 spiro atoms. The number of nitrogens with zero attached hydrogens (tertiary/aromatic N) is 1. The summed E-state index contributed by atoms with van der Waals surface area (Å²) in [5.74, 6) is 0.205. The minimum absolute atomic E-state index is 0.0448. The number of carbonyl (C=O) groups is 2. The molecular formula is C21H17F2N3O5S. The van der Waals surface area contributed by atoms with Gasteiger partial charge in [0.25, 0.3) is 5.91 Å². The third-order valence-corrected chi connectivity index (χ3v) is 5.33. The van der Waals surface area contributed by atoms with Crippen molar-refractivity contribution in [3.05, 3.63) is 52.9 Å². The van der Waals surface area contributed by atoms with Crippen LogP contribution in [0.2, 0.25) is 0 Å². The van der Waals surface area contributed by atoms with Gasteiger partial charge < -0.3 is 24.8 Å². The maximum atomic E-state index is 12.3. The summed E-state index contributed by atoms with van der Waals surface area (Å²) in [6.45, 7) is -1.21. The van der Waals surface area contributed by atoms with E-state index in [1.807, 2.05) is 6.92 Å². The molecule has 11 heteroatoms. The highest BCUT2D eigenvalue weighted by molar-refractivity contribution is 7.16. The molecule has 166 valence electrons. The summed E-state index contributed by atoms with van der Waals surface area (Å²) in [5.41, 5.74) is 1.64. The second kappa shape index (κ2) is 9.18. The number of aromatic nitrogens is 1. The smallest absolute Gasteiger partial charge is 0.387 e. The van der Waals surface area contributed by atoms with Gasteiger partial charge in [0, 0.05) is 16.0 Å². The Morgan fingerprint density at radius 1 is 1.16 bits per heavy atom. The number of hydrogen-bond donors (Lipinski definition) is 2. The second-order valence-corrected chi connectivity index (χ2v) is 7.83. The van der Waals surface area contributed by atoms with E-state index in [9.17, 15) is 18.4 Å². The van der Waals surface area contributed by atoms with Gasteiger partial charge >= 0.3 is 6.61 Å². The van der Waals surface area contributed by atoms with Crippen LogP contribution in [0.3, 0.4) is 0 Å². The van der Waals surface area contributed by atoms with Gasteiger partial charge in [-0.25, -0.2) is 4.98 Å². The van der Waals surface area contributed by atoms with Gasteiger partial charge in [-0.15, -0.1) is 11.3 Å². The fourth-order valence-electron chi connectivity index (χ4n) is 2.98. The highest BCUT2D eigenvalue weighted by Crippen LogP contribution is 2.33. The van der Waals surface area contributed by atoms with Crippen molar-refractivity contribution in [1.29, 1.82) is 0 Å². The van der Waals surface area contributed by atoms with Crippen molar-refractivity contribution in [2.24, 2.45) is 0 Å². The molecule has 2 amide bonds. The van der Waals surface area contributed by atoms with Crippen LogP contribution >= 0.6 is 11.3 Å². The van der Waals surface area contributed by atoms with E-state index in [0.29, 0.717) is 33.5 Å². The van der Waals surface area contributed by atoms with Gasteiger partial charge in [0.05, 0.1) is 12.2 Å². The molecule has 0 radical (unpaired) electrons. The molecule has 2 aromatic carbocycles. The number of amides is 2. The van der Waals surface area contributed by atoms with Crippen LogP contribution in [-0.4, -0.2) is 36.7 Å². The lowest BCUT2D eigenvalue weighted by atomic mass is 10.1. The predicted molar refractivity (Wildman–Crippen MR) is 112 cm³/mol. The Hall–Kier alpha value is -3.73. The molecule has 0 unspecified atom stereocenters. The topological polar surface area (TPSA) is 98.8 Å². The molecule has 0 saturated heterocycles. The van der Waals surface area contributed by atoms with Crippen LogP contribution in [0.4, 0.5) is 13.9 Å². The number of anilines is 1. The van der Waals surface area contributed by atoms with Gasteiger partial charge in [-0.1, -0.05) is 0 Å². The Labute approximate surface area is 185 Å². The Kier molecular flexibility index (Phi) is 6.17. The van der Waals surface area contributed by atoms with Crippen molar-refractivity contribution >= 4 is 28.3 Å². The number of hydrogen-bond acceptors (Lipinski definition) is 7. The third kappa shape index (κ3) is 4.94. The van der Waals surface area contributed by atoms with Crippen LogP contribution < -0.4 is 24.8 Å². The van der Waals surface area contributed by atoms with E-state index < -0.39 is 18.4 Å². The highest BCUT2D eigenvalue weighted by atomic mass is 32.1. The standard InChI is InChI=1S/C21H17F2N3O5S/c1-11-18(12-2-5-14(6-3-12)31-20(22)23)26-21(32-11)25-17(27)9-24-19(28)13-4-7-15-16(8-13)30-10-29-15/h2-8,20H,9-10H2,1H3,(H,24,28)(H,25,26,27). The van der Waals surface area contributed by atoms with Gasteiger partial charge in [0.15, 0.2) is 16.6 Å². The number of halogens is 2. The van der Waals surface area contributed by atoms with Crippen LogP contribution in [0, 0.1) is 6.92 Å². The van der Waals surface area contributed by atoms with Crippen LogP contribution in [0.1, 0.15) is 15.2 Å². The molecule has 0 saturated carbocycles. The maximum Gasteiger partial charge on any atom is 0.387 e. The first-order chi connectivity index (χ1) is 15.4. The average Bonchev–Trinajstić information content (AvgIpc) is 3.37. The van der Waals surface area contributed by atoms with Crippen molar-refractivity contribution < 1.29 is 32.6 Å². The Balaban J connectivity index is 1.34. The van der Waals surface area contributed by atoms with E-state index in [-0.39, 0.29) is 19.1 Å². The summed E-state index contributed by atoms with van der Waals surface area (Å²) < 4.78 is 39.3. The number of aryl methyl sites for hydroxylation is 1. The zero-order chi connectivity index (χ0) is 22.7. The van der Waals surface area contributed by atoms with Crippen LogP contribution in [0.25, 0.3) is 11.3 Å². The highest BCUT2D eigenvalue weighted by Gasteiger charge is 2.17. The number of alkyl halides is 2. The van der Waals surface area contributed by atoms with Crippen molar-refractivity contribution in [2.75, 3.05) is 18.7 Å². The molecule has 1 aliphatic rings. The molecule has 8 nitrogen and oxygen atoms in total. The number of ether oxygens (including phenoxy) is 3. The number of thiazole rings is 1. The molecule has 32 heavy (non-hydrogen) atoms. The second-order valence-electron chi connectivity index (χ2n) is 6.63. The lowest BCUT2D eigenvalue weighted by Gasteiger charge is -2.06. The minimum atomic E-state index is -2.89. The minimum Gasteiger partial charge on any atom is -0.454 e. The molecule has 2 N–H and O–H groups in total. The van der Waals surface area contributed by atoms with Gasteiger partial charge in [0.2, 0.25) is 12.7 Å². The summed E-state index contributed by atoms with van der Waals surface area (Å²) in [6.07, 6.45) is 0. The molecule has 1 aliphatic heterocycles. The van der Waals surface area contributed by atoms with Crippen molar-refractivity contribution in [3.63, 3.8) is 0 Å². The van der Waals surface area contributed by atoms with Gasteiger partial charge in [-0.3, -0.25) is 9.59 Å². The number of benzene rings is 2. The normalized spacial score (nSPS) is 12.0. The molecule has 0 fully saturated rings.